The molecular weight excluding hydrogens is 271 g/mol. The Balaban J connectivity index is 2.07. The predicted molar refractivity (Wildman–Crippen MR) is 68.5 cm³/mol. The fourth-order valence-electron chi connectivity index (χ4n) is 1.45. The van der Waals surface area contributed by atoms with Gasteiger partial charge in [0.15, 0.2) is 0 Å². The molecule has 0 amide bonds. The third kappa shape index (κ3) is 3.37. The van der Waals surface area contributed by atoms with E-state index < -0.39 is 11.7 Å². The van der Waals surface area contributed by atoms with E-state index in [0.29, 0.717) is 11.5 Å². The molecule has 7 heteroatoms. The van der Waals surface area contributed by atoms with Gasteiger partial charge in [-0.15, -0.1) is 0 Å². The lowest BCUT2D eigenvalue weighted by atomic mass is 10.3. The molecule has 2 rings (SSSR count). The highest BCUT2D eigenvalue weighted by Gasteiger charge is 2.30. The van der Waals surface area contributed by atoms with Crippen LogP contribution in [0.5, 0.6) is 0 Å². The van der Waals surface area contributed by atoms with Crippen LogP contribution in [0.1, 0.15) is 24.0 Å². The normalized spacial score (nSPS) is 12.6. The molecule has 0 saturated heterocycles. The SMILES string of the molecule is C/C(=N/Nc1ccc(C(F)(F)F)cn1)c1ccc(C)o1. The number of hydrogen-bond acceptors (Lipinski definition) is 4. The summed E-state index contributed by atoms with van der Waals surface area (Å²) < 4.78 is 42.4. The maximum atomic E-state index is 12.4. The first-order valence-corrected chi connectivity index (χ1v) is 5.76. The Morgan fingerprint density at radius 3 is 2.50 bits per heavy atom. The highest BCUT2D eigenvalue weighted by atomic mass is 19.4. The summed E-state index contributed by atoms with van der Waals surface area (Å²) in [5.74, 6) is 1.56. The second-order valence-corrected chi connectivity index (χ2v) is 4.15. The van der Waals surface area contributed by atoms with Crippen LogP contribution in [0.3, 0.4) is 0 Å². The lowest BCUT2D eigenvalue weighted by Gasteiger charge is -2.06. The number of furan rings is 1. The Labute approximate surface area is 113 Å². The summed E-state index contributed by atoms with van der Waals surface area (Å²) in [6.07, 6.45) is -3.64. The minimum atomic E-state index is -4.39. The maximum Gasteiger partial charge on any atom is 0.417 e. The number of nitrogens with zero attached hydrogens (tertiary/aromatic N) is 2. The average Bonchev–Trinajstić information content (AvgIpc) is 2.82. The summed E-state index contributed by atoms with van der Waals surface area (Å²) in [6.45, 7) is 3.52. The molecule has 4 nitrogen and oxygen atoms in total. The van der Waals surface area contributed by atoms with Crippen molar-refractivity contribution in [3.63, 3.8) is 0 Å². The largest absolute Gasteiger partial charge is 0.460 e. The van der Waals surface area contributed by atoms with Crippen molar-refractivity contribution in [2.45, 2.75) is 20.0 Å². The van der Waals surface area contributed by atoms with Gasteiger partial charge in [0, 0.05) is 6.20 Å². The summed E-state index contributed by atoms with van der Waals surface area (Å²) in [4.78, 5) is 3.65. The lowest BCUT2D eigenvalue weighted by Crippen LogP contribution is -2.06. The van der Waals surface area contributed by atoms with Crippen molar-refractivity contribution in [2.75, 3.05) is 5.43 Å². The van der Waals surface area contributed by atoms with E-state index in [-0.39, 0.29) is 5.82 Å². The number of pyridine rings is 1. The predicted octanol–water partition coefficient (Wildman–Crippen LogP) is 3.84. The molecule has 0 atom stereocenters. The molecule has 106 valence electrons. The molecule has 20 heavy (non-hydrogen) atoms. The molecule has 0 aliphatic rings. The minimum absolute atomic E-state index is 0.223. The molecule has 0 unspecified atom stereocenters. The zero-order valence-electron chi connectivity index (χ0n) is 10.8. The number of anilines is 1. The van der Waals surface area contributed by atoms with Crippen LogP contribution in [0.15, 0.2) is 40.0 Å². The van der Waals surface area contributed by atoms with Gasteiger partial charge in [-0.3, -0.25) is 5.43 Å². The number of nitrogens with one attached hydrogen (secondary N) is 1. The zero-order chi connectivity index (χ0) is 14.8. The number of hydrogen-bond donors (Lipinski definition) is 1. The van der Waals surface area contributed by atoms with Crippen LogP contribution in [0.25, 0.3) is 0 Å². The van der Waals surface area contributed by atoms with Crippen molar-refractivity contribution in [3.05, 3.63) is 47.5 Å². The van der Waals surface area contributed by atoms with Gasteiger partial charge < -0.3 is 4.42 Å². The van der Waals surface area contributed by atoms with Crippen LogP contribution in [-0.2, 0) is 6.18 Å². The Morgan fingerprint density at radius 1 is 1.25 bits per heavy atom. The number of hydrazone groups is 1. The van der Waals surface area contributed by atoms with Gasteiger partial charge in [-0.05, 0) is 38.1 Å². The molecule has 0 fully saturated rings. The van der Waals surface area contributed by atoms with Gasteiger partial charge in [0.2, 0.25) is 0 Å². The first-order chi connectivity index (χ1) is 9.36. The van der Waals surface area contributed by atoms with Crippen LogP contribution >= 0.6 is 0 Å². The summed E-state index contributed by atoms with van der Waals surface area (Å²) >= 11 is 0. The number of rotatable bonds is 3. The van der Waals surface area contributed by atoms with Crippen LogP contribution in [-0.4, -0.2) is 10.7 Å². The van der Waals surface area contributed by atoms with Crippen molar-refractivity contribution in [1.29, 1.82) is 0 Å². The Kier molecular flexibility index (Phi) is 3.78. The van der Waals surface area contributed by atoms with E-state index in [2.05, 4.69) is 15.5 Å². The summed E-state index contributed by atoms with van der Waals surface area (Å²) in [6, 6.07) is 5.71. The minimum Gasteiger partial charge on any atom is -0.460 e. The number of alkyl halides is 3. The number of halogens is 3. The van der Waals surface area contributed by atoms with Crippen molar-refractivity contribution in [2.24, 2.45) is 5.10 Å². The third-order valence-electron chi connectivity index (χ3n) is 2.53. The van der Waals surface area contributed by atoms with Gasteiger partial charge in [0.25, 0.3) is 0 Å². The van der Waals surface area contributed by atoms with Crippen molar-refractivity contribution < 1.29 is 17.6 Å². The van der Waals surface area contributed by atoms with Crippen LogP contribution in [0.2, 0.25) is 0 Å². The number of aromatic nitrogens is 1. The second kappa shape index (κ2) is 5.36. The molecule has 0 aliphatic heterocycles. The molecule has 2 aromatic heterocycles. The van der Waals surface area contributed by atoms with Gasteiger partial charge in [0.1, 0.15) is 23.1 Å². The van der Waals surface area contributed by atoms with Gasteiger partial charge in [-0.1, -0.05) is 0 Å². The van der Waals surface area contributed by atoms with E-state index >= 15 is 0 Å². The van der Waals surface area contributed by atoms with Crippen LogP contribution in [0.4, 0.5) is 19.0 Å². The standard InChI is InChI=1S/C13H12F3N3O/c1-8-3-5-11(20-8)9(2)18-19-12-6-4-10(7-17-12)13(14,15)16/h3-7H,1-2H3,(H,17,19)/b18-9-. The molecule has 0 aromatic carbocycles. The van der Waals surface area contributed by atoms with E-state index in [0.717, 1.165) is 18.0 Å². The van der Waals surface area contributed by atoms with E-state index in [4.69, 9.17) is 4.42 Å². The fourth-order valence-corrected chi connectivity index (χ4v) is 1.45. The van der Waals surface area contributed by atoms with Gasteiger partial charge in [-0.25, -0.2) is 4.98 Å². The van der Waals surface area contributed by atoms with Gasteiger partial charge >= 0.3 is 6.18 Å². The highest BCUT2D eigenvalue weighted by Crippen LogP contribution is 2.28. The van der Waals surface area contributed by atoms with Gasteiger partial charge in [-0.2, -0.15) is 18.3 Å². The summed E-state index contributed by atoms with van der Waals surface area (Å²) in [7, 11) is 0. The van der Waals surface area contributed by atoms with E-state index in [1.165, 1.54) is 6.07 Å². The van der Waals surface area contributed by atoms with Gasteiger partial charge in [0.05, 0.1) is 5.56 Å². The zero-order valence-corrected chi connectivity index (χ0v) is 10.8. The quantitative estimate of drug-likeness (QED) is 0.687. The van der Waals surface area contributed by atoms with E-state index in [9.17, 15) is 13.2 Å². The summed E-state index contributed by atoms with van der Waals surface area (Å²) in [5, 5.41) is 4.00. The van der Waals surface area contributed by atoms with Crippen LogP contribution < -0.4 is 5.43 Å². The highest BCUT2D eigenvalue weighted by molar-refractivity contribution is 5.96. The third-order valence-corrected chi connectivity index (χ3v) is 2.53. The molecule has 0 radical (unpaired) electrons. The Morgan fingerprint density at radius 2 is 2.00 bits per heavy atom. The van der Waals surface area contributed by atoms with Crippen molar-refractivity contribution >= 4 is 11.5 Å². The number of aryl methyl sites for hydroxylation is 1. The fraction of sp³-hybridized carbons (Fsp3) is 0.231. The lowest BCUT2D eigenvalue weighted by molar-refractivity contribution is -0.137. The molecule has 2 heterocycles. The molecule has 0 bridgehead atoms. The smallest absolute Gasteiger partial charge is 0.417 e. The maximum absolute atomic E-state index is 12.4. The molecule has 1 N–H and O–H groups in total. The first kappa shape index (κ1) is 14.1. The molecule has 0 spiro atoms. The van der Waals surface area contributed by atoms with E-state index in [1.54, 1.807) is 19.1 Å². The van der Waals surface area contributed by atoms with E-state index in [1.807, 2.05) is 6.92 Å². The van der Waals surface area contributed by atoms with Crippen molar-refractivity contribution in [3.8, 4) is 0 Å². The second-order valence-electron chi connectivity index (χ2n) is 4.15. The monoisotopic (exact) mass is 283 g/mol. The Hall–Kier alpha value is -2.31. The average molecular weight is 283 g/mol. The van der Waals surface area contributed by atoms with Crippen LogP contribution in [0, 0.1) is 6.92 Å². The Bertz CT molecular complexity index is 615. The topological polar surface area (TPSA) is 50.4 Å². The molecular formula is C13H12F3N3O. The van der Waals surface area contributed by atoms with Crippen molar-refractivity contribution in [1.82, 2.24) is 4.98 Å². The molecule has 0 aliphatic carbocycles. The molecule has 0 saturated carbocycles. The molecule has 2 aromatic rings. The first-order valence-electron chi connectivity index (χ1n) is 5.76. The summed E-state index contributed by atoms with van der Waals surface area (Å²) in [5.41, 5.74) is 2.35.